The number of carbonyl (C=O) groups is 1. The first-order valence-corrected chi connectivity index (χ1v) is 6.75. The topological polar surface area (TPSA) is 60.5 Å². The van der Waals surface area contributed by atoms with Gasteiger partial charge in [-0.3, -0.25) is 0 Å². The van der Waals surface area contributed by atoms with Crippen molar-refractivity contribution in [1.29, 1.82) is 0 Å². The third-order valence-electron chi connectivity index (χ3n) is 2.39. The van der Waals surface area contributed by atoms with Gasteiger partial charge in [0.2, 0.25) is 0 Å². The standard InChI is InChI=1S/C13H13FN2O3S/c1-3-19-12(17)10-7-20-13(16-10)15-8-4-5-9(14)11(6-8)18-2/h4-7H,3H2,1-2H3,(H,15,16). The molecule has 0 amide bonds. The van der Waals surface area contributed by atoms with Crippen molar-refractivity contribution in [1.82, 2.24) is 4.98 Å². The number of esters is 1. The lowest BCUT2D eigenvalue weighted by Gasteiger charge is -2.06. The molecule has 2 rings (SSSR count). The van der Waals surface area contributed by atoms with Crippen molar-refractivity contribution in [3.63, 3.8) is 0 Å². The van der Waals surface area contributed by atoms with E-state index < -0.39 is 11.8 Å². The van der Waals surface area contributed by atoms with E-state index in [4.69, 9.17) is 9.47 Å². The predicted octanol–water partition coefficient (Wildman–Crippen LogP) is 3.21. The summed E-state index contributed by atoms with van der Waals surface area (Å²) in [5, 5.41) is 5.09. The molecule has 7 heteroatoms. The van der Waals surface area contributed by atoms with Crippen LogP contribution >= 0.6 is 11.3 Å². The van der Waals surface area contributed by atoms with E-state index in [0.29, 0.717) is 17.4 Å². The molecule has 0 saturated carbocycles. The van der Waals surface area contributed by atoms with Crippen LogP contribution in [0, 0.1) is 5.82 Å². The van der Waals surface area contributed by atoms with E-state index in [1.807, 2.05) is 0 Å². The monoisotopic (exact) mass is 296 g/mol. The summed E-state index contributed by atoms with van der Waals surface area (Å²) >= 11 is 1.26. The Kier molecular flexibility index (Phi) is 4.52. The predicted molar refractivity (Wildman–Crippen MR) is 74.3 cm³/mol. The van der Waals surface area contributed by atoms with Gasteiger partial charge in [-0.25, -0.2) is 14.2 Å². The van der Waals surface area contributed by atoms with Crippen LogP contribution in [0.1, 0.15) is 17.4 Å². The van der Waals surface area contributed by atoms with Crippen LogP contribution in [0.5, 0.6) is 5.75 Å². The lowest BCUT2D eigenvalue weighted by atomic mass is 10.3. The largest absolute Gasteiger partial charge is 0.494 e. The lowest BCUT2D eigenvalue weighted by molar-refractivity contribution is 0.0520. The zero-order valence-electron chi connectivity index (χ0n) is 11.0. The number of aromatic nitrogens is 1. The molecule has 0 radical (unpaired) electrons. The molecule has 20 heavy (non-hydrogen) atoms. The van der Waals surface area contributed by atoms with Crippen LogP contribution in [0.2, 0.25) is 0 Å². The molecule has 0 aliphatic heterocycles. The Labute approximate surface area is 119 Å². The third kappa shape index (κ3) is 3.24. The molecule has 0 aliphatic rings. The van der Waals surface area contributed by atoms with E-state index in [0.717, 1.165) is 0 Å². The number of carbonyl (C=O) groups excluding carboxylic acids is 1. The number of ether oxygens (including phenoxy) is 2. The van der Waals surface area contributed by atoms with Crippen molar-refractivity contribution in [2.24, 2.45) is 0 Å². The van der Waals surface area contributed by atoms with Crippen molar-refractivity contribution < 1.29 is 18.7 Å². The molecule has 106 valence electrons. The van der Waals surface area contributed by atoms with Gasteiger partial charge in [0.25, 0.3) is 0 Å². The Hall–Kier alpha value is -2.15. The molecule has 0 atom stereocenters. The Bertz CT molecular complexity index is 615. The molecule has 0 aliphatic carbocycles. The Morgan fingerprint density at radius 2 is 2.30 bits per heavy atom. The summed E-state index contributed by atoms with van der Waals surface area (Å²) in [5.41, 5.74) is 0.862. The number of thiazole rings is 1. The Morgan fingerprint density at radius 3 is 3.00 bits per heavy atom. The van der Waals surface area contributed by atoms with Crippen LogP contribution in [-0.4, -0.2) is 24.7 Å². The molecule has 5 nitrogen and oxygen atoms in total. The maximum atomic E-state index is 13.3. The second kappa shape index (κ2) is 6.33. The fourth-order valence-electron chi connectivity index (χ4n) is 1.49. The van der Waals surface area contributed by atoms with Gasteiger partial charge >= 0.3 is 5.97 Å². The van der Waals surface area contributed by atoms with Gasteiger partial charge in [0.15, 0.2) is 22.4 Å². The smallest absolute Gasteiger partial charge is 0.357 e. The molecule has 1 heterocycles. The van der Waals surface area contributed by atoms with Crippen molar-refractivity contribution >= 4 is 28.1 Å². The van der Waals surface area contributed by atoms with E-state index in [1.165, 1.54) is 30.6 Å². The van der Waals surface area contributed by atoms with Crippen LogP contribution in [-0.2, 0) is 4.74 Å². The zero-order valence-corrected chi connectivity index (χ0v) is 11.8. The maximum absolute atomic E-state index is 13.3. The number of halogens is 1. The number of anilines is 2. The van der Waals surface area contributed by atoms with Crippen LogP contribution in [0.15, 0.2) is 23.6 Å². The Balaban J connectivity index is 2.12. The first kappa shape index (κ1) is 14.3. The van der Waals surface area contributed by atoms with Gasteiger partial charge < -0.3 is 14.8 Å². The summed E-state index contributed by atoms with van der Waals surface area (Å²) in [5.74, 6) is -0.768. The molecule has 0 saturated heterocycles. The fraction of sp³-hybridized carbons (Fsp3) is 0.231. The van der Waals surface area contributed by atoms with E-state index in [2.05, 4.69) is 10.3 Å². The van der Waals surface area contributed by atoms with Crippen LogP contribution < -0.4 is 10.1 Å². The summed E-state index contributed by atoms with van der Waals surface area (Å²) in [6.07, 6.45) is 0. The van der Waals surface area contributed by atoms with E-state index in [-0.39, 0.29) is 11.4 Å². The first-order valence-electron chi connectivity index (χ1n) is 5.87. The second-order valence-electron chi connectivity index (χ2n) is 3.73. The van der Waals surface area contributed by atoms with Crippen molar-refractivity contribution in [3.8, 4) is 5.75 Å². The van der Waals surface area contributed by atoms with Gasteiger partial charge in [-0.1, -0.05) is 0 Å². The molecule has 1 N–H and O–H groups in total. The normalized spacial score (nSPS) is 10.2. The highest BCUT2D eigenvalue weighted by Gasteiger charge is 2.12. The fourth-order valence-corrected chi connectivity index (χ4v) is 2.19. The minimum atomic E-state index is -0.464. The number of methoxy groups -OCH3 is 1. The number of benzene rings is 1. The summed E-state index contributed by atoms with van der Waals surface area (Å²) in [6, 6.07) is 4.37. The zero-order chi connectivity index (χ0) is 14.5. The molecule has 0 spiro atoms. The number of rotatable bonds is 5. The molecule has 1 aromatic carbocycles. The maximum Gasteiger partial charge on any atom is 0.357 e. The summed E-state index contributed by atoms with van der Waals surface area (Å²) in [6.45, 7) is 2.03. The molecule has 0 fully saturated rings. The number of nitrogens with one attached hydrogen (secondary N) is 1. The number of hydrogen-bond donors (Lipinski definition) is 1. The molecule has 1 aromatic heterocycles. The van der Waals surface area contributed by atoms with Gasteiger partial charge in [0.1, 0.15) is 0 Å². The van der Waals surface area contributed by atoms with Crippen molar-refractivity contribution in [3.05, 3.63) is 35.1 Å². The molecule has 0 bridgehead atoms. The van der Waals surface area contributed by atoms with Crippen LogP contribution in [0.4, 0.5) is 15.2 Å². The first-order chi connectivity index (χ1) is 9.63. The van der Waals surface area contributed by atoms with Gasteiger partial charge in [0.05, 0.1) is 13.7 Å². The second-order valence-corrected chi connectivity index (χ2v) is 4.59. The van der Waals surface area contributed by atoms with E-state index >= 15 is 0 Å². The van der Waals surface area contributed by atoms with Crippen LogP contribution in [0.25, 0.3) is 0 Å². The van der Waals surface area contributed by atoms with Crippen LogP contribution in [0.3, 0.4) is 0 Å². The quantitative estimate of drug-likeness (QED) is 0.858. The van der Waals surface area contributed by atoms with Gasteiger partial charge in [-0.2, -0.15) is 0 Å². The van der Waals surface area contributed by atoms with E-state index in [1.54, 1.807) is 18.4 Å². The number of nitrogens with zero attached hydrogens (tertiary/aromatic N) is 1. The Morgan fingerprint density at radius 1 is 1.50 bits per heavy atom. The average Bonchev–Trinajstić information content (AvgIpc) is 2.90. The van der Waals surface area contributed by atoms with Gasteiger partial charge in [-0.05, 0) is 19.1 Å². The van der Waals surface area contributed by atoms with Gasteiger partial charge in [-0.15, -0.1) is 11.3 Å². The molecule has 2 aromatic rings. The SMILES string of the molecule is CCOC(=O)c1csc(Nc2ccc(F)c(OC)c2)n1. The minimum Gasteiger partial charge on any atom is -0.494 e. The minimum absolute atomic E-state index is 0.136. The van der Waals surface area contributed by atoms with E-state index in [9.17, 15) is 9.18 Å². The average molecular weight is 296 g/mol. The highest BCUT2D eigenvalue weighted by Crippen LogP contribution is 2.26. The highest BCUT2D eigenvalue weighted by atomic mass is 32.1. The summed E-state index contributed by atoms with van der Waals surface area (Å²) in [4.78, 5) is 15.6. The third-order valence-corrected chi connectivity index (χ3v) is 3.15. The number of hydrogen-bond acceptors (Lipinski definition) is 6. The van der Waals surface area contributed by atoms with Gasteiger partial charge in [0, 0.05) is 17.1 Å². The summed E-state index contributed by atoms with van der Waals surface area (Å²) in [7, 11) is 1.39. The lowest BCUT2D eigenvalue weighted by Crippen LogP contribution is -2.05. The highest BCUT2D eigenvalue weighted by molar-refractivity contribution is 7.14. The van der Waals surface area contributed by atoms with Crippen molar-refractivity contribution in [2.75, 3.05) is 19.0 Å². The van der Waals surface area contributed by atoms with Crippen molar-refractivity contribution in [2.45, 2.75) is 6.92 Å². The summed E-state index contributed by atoms with van der Waals surface area (Å²) < 4.78 is 23.0. The molecule has 0 unspecified atom stereocenters. The molecular formula is C13H13FN2O3S. The molecular weight excluding hydrogens is 283 g/mol.